The van der Waals surface area contributed by atoms with Crippen LogP contribution in [0.5, 0.6) is 0 Å². The lowest BCUT2D eigenvalue weighted by Crippen LogP contribution is -2.26. The standard InChI is InChI=1S/C13H16BrClN2O3/c1-8(2-3-11(18)19)4-5-16-13(20)10-6-9(14)7-17-12(10)15/h6-8H,2-5H2,1H3,(H,16,20)(H,18,19). The second-order valence-electron chi connectivity index (χ2n) is 4.57. The zero-order valence-corrected chi connectivity index (χ0v) is 13.4. The number of rotatable bonds is 7. The van der Waals surface area contributed by atoms with Crippen molar-refractivity contribution < 1.29 is 14.7 Å². The van der Waals surface area contributed by atoms with Crippen molar-refractivity contribution >= 4 is 39.4 Å². The highest BCUT2D eigenvalue weighted by molar-refractivity contribution is 9.10. The second-order valence-corrected chi connectivity index (χ2v) is 5.85. The molecule has 0 radical (unpaired) electrons. The Bertz CT molecular complexity index is 497. The van der Waals surface area contributed by atoms with Gasteiger partial charge in [-0.1, -0.05) is 18.5 Å². The molecule has 0 fully saturated rings. The molecule has 1 atom stereocenters. The molecule has 0 aromatic carbocycles. The SMILES string of the molecule is CC(CCNC(=O)c1cc(Br)cnc1Cl)CCC(=O)O. The van der Waals surface area contributed by atoms with Crippen LogP contribution in [-0.2, 0) is 4.79 Å². The molecule has 1 unspecified atom stereocenters. The third-order valence-electron chi connectivity index (χ3n) is 2.82. The van der Waals surface area contributed by atoms with Crippen molar-refractivity contribution in [3.8, 4) is 0 Å². The van der Waals surface area contributed by atoms with Gasteiger partial charge in [0.15, 0.2) is 0 Å². The van der Waals surface area contributed by atoms with Gasteiger partial charge in [-0.05, 0) is 40.8 Å². The number of hydrogen-bond acceptors (Lipinski definition) is 3. The summed E-state index contributed by atoms with van der Waals surface area (Å²) in [5.74, 6) is -0.843. The van der Waals surface area contributed by atoms with Gasteiger partial charge in [0.25, 0.3) is 5.91 Å². The van der Waals surface area contributed by atoms with E-state index in [4.69, 9.17) is 16.7 Å². The Morgan fingerprint density at radius 3 is 2.85 bits per heavy atom. The van der Waals surface area contributed by atoms with Crippen LogP contribution in [0.15, 0.2) is 16.7 Å². The second kappa shape index (κ2) is 8.21. The number of hydrogen-bond donors (Lipinski definition) is 2. The molecule has 0 bridgehead atoms. The molecule has 0 saturated carbocycles. The van der Waals surface area contributed by atoms with Gasteiger partial charge >= 0.3 is 5.97 Å². The van der Waals surface area contributed by atoms with Crippen LogP contribution in [0.3, 0.4) is 0 Å². The zero-order chi connectivity index (χ0) is 15.1. The summed E-state index contributed by atoms with van der Waals surface area (Å²) >= 11 is 9.09. The van der Waals surface area contributed by atoms with Gasteiger partial charge in [0, 0.05) is 23.6 Å². The summed E-state index contributed by atoms with van der Waals surface area (Å²) in [6.07, 6.45) is 2.99. The molecule has 7 heteroatoms. The lowest BCUT2D eigenvalue weighted by molar-refractivity contribution is -0.137. The van der Waals surface area contributed by atoms with Crippen molar-refractivity contribution in [1.29, 1.82) is 0 Å². The minimum Gasteiger partial charge on any atom is -0.481 e. The van der Waals surface area contributed by atoms with Crippen LogP contribution in [0.2, 0.25) is 5.15 Å². The monoisotopic (exact) mass is 362 g/mol. The number of nitrogens with one attached hydrogen (secondary N) is 1. The number of aliphatic carboxylic acids is 1. The van der Waals surface area contributed by atoms with Gasteiger partial charge in [-0.25, -0.2) is 4.98 Å². The molecule has 1 rings (SSSR count). The lowest BCUT2D eigenvalue weighted by Gasteiger charge is -2.11. The number of amides is 1. The molecule has 5 nitrogen and oxygen atoms in total. The van der Waals surface area contributed by atoms with Crippen LogP contribution >= 0.6 is 27.5 Å². The lowest BCUT2D eigenvalue weighted by atomic mass is 10.0. The van der Waals surface area contributed by atoms with Gasteiger partial charge in [0.2, 0.25) is 0 Å². The van der Waals surface area contributed by atoms with Crippen LogP contribution in [-0.4, -0.2) is 28.5 Å². The first-order valence-electron chi connectivity index (χ1n) is 6.21. The van der Waals surface area contributed by atoms with Crippen LogP contribution < -0.4 is 5.32 Å². The highest BCUT2D eigenvalue weighted by Gasteiger charge is 2.12. The number of aromatic nitrogens is 1. The maximum atomic E-state index is 11.9. The third kappa shape index (κ3) is 5.88. The Balaban J connectivity index is 2.40. The number of carbonyl (C=O) groups excluding carboxylic acids is 1. The van der Waals surface area contributed by atoms with Gasteiger partial charge in [-0.3, -0.25) is 9.59 Å². The van der Waals surface area contributed by atoms with E-state index in [9.17, 15) is 9.59 Å². The number of carboxylic acid groups (broad SMARTS) is 1. The predicted octanol–water partition coefficient (Wildman–Crippen LogP) is 3.12. The number of carbonyl (C=O) groups is 2. The number of carboxylic acids is 1. The van der Waals surface area contributed by atoms with E-state index in [1.165, 1.54) is 6.20 Å². The molecule has 0 aliphatic carbocycles. The van der Waals surface area contributed by atoms with Gasteiger partial charge < -0.3 is 10.4 Å². The van der Waals surface area contributed by atoms with E-state index in [0.29, 0.717) is 23.0 Å². The zero-order valence-electron chi connectivity index (χ0n) is 11.0. The molecule has 1 aromatic heterocycles. The minimum absolute atomic E-state index is 0.149. The predicted molar refractivity (Wildman–Crippen MR) is 79.9 cm³/mol. The summed E-state index contributed by atoms with van der Waals surface area (Å²) in [4.78, 5) is 26.2. The van der Waals surface area contributed by atoms with Crippen LogP contribution in [0.4, 0.5) is 0 Å². The summed E-state index contributed by atoms with van der Waals surface area (Å²) in [5.41, 5.74) is 0.319. The summed E-state index contributed by atoms with van der Waals surface area (Å²) in [6, 6.07) is 1.61. The quantitative estimate of drug-likeness (QED) is 0.730. The molecule has 1 amide bonds. The van der Waals surface area contributed by atoms with E-state index in [-0.39, 0.29) is 23.4 Å². The summed E-state index contributed by atoms with van der Waals surface area (Å²) in [7, 11) is 0. The third-order valence-corrected chi connectivity index (χ3v) is 3.56. The van der Waals surface area contributed by atoms with Crippen molar-refractivity contribution in [1.82, 2.24) is 10.3 Å². The molecule has 0 aliphatic heterocycles. The van der Waals surface area contributed by atoms with E-state index in [1.54, 1.807) is 6.07 Å². The van der Waals surface area contributed by atoms with Crippen LogP contribution in [0.25, 0.3) is 0 Å². The van der Waals surface area contributed by atoms with Gasteiger partial charge in [0.1, 0.15) is 5.15 Å². The average Bonchev–Trinajstić information content (AvgIpc) is 2.39. The summed E-state index contributed by atoms with van der Waals surface area (Å²) in [6.45, 7) is 2.44. The van der Waals surface area contributed by atoms with E-state index in [2.05, 4.69) is 26.2 Å². The normalized spacial score (nSPS) is 11.9. The summed E-state index contributed by atoms with van der Waals surface area (Å²) < 4.78 is 0.682. The number of halogens is 2. The Morgan fingerprint density at radius 1 is 1.50 bits per heavy atom. The number of nitrogens with zero attached hydrogens (tertiary/aromatic N) is 1. The molecule has 0 spiro atoms. The average molecular weight is 364 g/mol. The molecule has 1 heterocycles. The first-order chi connectivity index (χ1) is 9.40. The Kier molecular flexibility index (Phi) is 6.95. The minimum atomic E-state index is -0.798. The smallest absolute Gasteiger partial charge is 0.303 e. The topological polar surface area (TPSA) is 79.3 Å². The van der Waals surface area contributed by atoms with E-state index in [1.807, 2.05) is 6.92 Å². The van der Waals surface area contributed by atoms with Gasteiger partial charge in [-0.15, -0.1) is 0 Å². The van der Waals surface area contributed by atoms with Crippen molar-refractivity contribution in [2.75, 3.05) is 6.54 Å². The van der Waals surface area contributed by atoms with Crippen LogP contribution in [0, 0.1) is 5.92 Å². The molecule has 0 saturated heterocycles. The summed E-state index contributed by atoms with van der Waals surface area (Å²) in [5, 5.41) is 11.5. The van der Waals surface area contributed by atoms with E-state index < -0.39 is 5.97 Å². The largest absolute Gasteiger partial charge is 0.481 e. The Morgan fingerprint density at radius 2 is 2.20 bits per heavy atom. The van der Waals surface area contributed by atoms with Gasteiger partial charge in [0.05, 0.1) is 5.56 Å². The van der Waals surface area contributed by atoms with E-state index in [0.717, 1.165) is 6.42 Å². The maximum Gasteiger partial charge on any atom is 0.303 e. The van der Waals surface area contributed by atoms with E-state index >= 15 is 0 Å². The molecule has 0 aliphatic rings. The molecule has 1 aromatic rings. The van der Waals surface area contributed by atoms with Gasteiger partial charge in [-0.2, -0.15) is 0 Å². The Hall–Kier alpha value is -1.14. The molecule has 20 heavy (non-hydrogen) atoms. The first kappa shape index (κ1) is 16.9. The fourth-order valence-corrected chi connectivity index (χ4v) is 2.14. The number of pyridine rings is 1. The molecular formula is C13H16BrClN2O3. The fraction of sp³-hybridized carbons (Fsp3) is 0.462. The molecule has 110 valence electrons. The van der Waals surface area contributed by atoms with Crippen molar-refractivity contribution in [3.05, 3.63) is 27.5 Å². The maximum absolute atomic E-state index is 11.9. The van der Waals surface area contributed by atoms with Crippen LogP contribution in [0.1, 0.15) is 36.5 Å². The highest BCUT2D eigenvalue weighted by atomic mass is 79.9. The van der Waals surface area contributed by atoms with Crippen molar-refractivity contribution in [2.45, 2.75) is 26.2 Å². The fourth-order valence-electron chi connectivity index (χ4n) is 1.62. The highest BCUT2D eigenvalue weighted by Crippen LogP contribution is 2.18. The Labute approximate surface area is 130 Å². The van der Waals surface area contributed by atoms with Crippen molar-refractivity contribution in [3.63, 3.8) is 0 Å². The molecular weight excluding hydrogens is 348 g/mol. The van der Waals surface area contributed by atoms with Crippen molar-refractivity contribution in [2.24, 2.45) is 5.92 Å². The first-order valence-corrected chi connectivity index (χ1v) is 7.38. The molecule has 2 N–H and O–H groups in total.